The van der Waals surface area contributed by atoms with Crippen LogP contribution in [0.25, 0.3) is 0 Å². The topological polar surface area (TPSA) is 61.1 Å². The highest BCUT2D eigenvalue weighted by Gasteiger charge is 2.21. The van der Waals surface area contributed by atoms with Crippen molar-refractivity contribution in [3.05, 3.63) is 40.4 Å². The van der Waals surface area contributed by atoms with E-state index in [-0.39, 0.29) is 15.0 Å². The molecule has 0 aliphatic carbocycles. The normalized spacial score (nSPS) is 11.4. The van der Waals surface area contributed by atoms with Crippen molar-refractivity contribution < 1.29 is 8.42 Å². The monoisotopic (exact) mass is 301 g/mol. The minimum absolute atomic E-state index is 0.0000786. The molecule has 95 valence electrons. The summed E-state index contributed by atoms with van der Waals surface area (Å²) in [5.74, 6) is 0. The first kappa shape index (κ1) is 13.3. The molecule has 0 saturated carbocycles. The minimum Gasteiger partial charge on any atom is -0.226 e. The van der Waals surface area contributed by atoms with E-state index in [0.29, 0.717) is 0 Å². The fourth-order valence-corrected chi connectivity index (χ4v) is 3.69. The summed E-state index contributed by atoms with van der Waals surface area (Å²) in [5.41, 5.74) is 0. The molecule has 2 aromatic rings. The maximum absolute atomic E-state index is 12.0. The van der Waals surface area contributed by atoms with Crippen LogP contribution < -0.4 is 4.72 Å². The van der Waals surface area contributed by atoms with Gasteiger partial charge in [0.15, 0.2) is 0 Å². The summed E-state index contributed by atoms with van der Waals surface area (Å²) < 4.78 is 27.8. The van der Waals surface area contributed by atoms with Crippen molar-refractivity contribution >= 4 is 38.1 Å². The molecule has 0 saturated heterocycles. The van der Waals surface area contributed by atoms with Gasteiger partial charge in [0, 0.05) is 11.1 Å². The third kappa shape index (κ3) is 2.82. The number of nitrogens with zero attached hydrogens (tertiary/aromatic N) is 2. The Kier molecular flexibility index (Phi) is 3.89. The molecule has 2 rings (SSSR count). The number of benzene rings is 1. The number of sulfonamides is 1. The van der Waals surface area contributed by atoms with Crippen molar-refractivity contribution in [1.82, 2.24) is 9.71 Å². The number of halogens is 1. The van der Waals surface area contributed by atoms with Crippen LogP contribution in [0.1, 0.15) is 11.8 Å². The van der Waals surface area contributed by atoms with Crippen LogP contribution in [0.3, 0.4) is 0 Å². The molecule has 7 heteroatoms. The van der Waals surface area contributed by atoms with E-state index in [0.717, 1.165) is 11.3 Å². The molecule has 1 heterocycles. The Bertz CT molecular complexity index is 653. The van der Waals surface area contributed by atoms with Crippen molar-refractivity contribution in [2.24, 2.45) is 0 Å². The average molecular weight is 302 g/mol. The lowest BCUT2D eigenvalue weighted by molar-refractivity contribution is 0.590. The van der Waals surface area contributed by atoms with E-state index in [4.69, 9.17) is 11.6 Å². The first-order chi connectivity index (χ1) is 8.53. The van der Waals surface area contributed by atoms with Crippen molar-refractivity contribution in [3.63, 3.8) is 0 Å². The number of hydrogen-bond acceptors (Lipinski definition) is 4. The van der Waals surface area contributed by atoms with Crippen molar-refractivity contribution in [2.45, 2.75) is 18.2 Å². The second kappa shape index (κ2) is 5.26. The summed E-state index contributed by atoms with van der Waals surface area (Å²) >= 11 is 7.11. The highest BCUT2D eigenvalue weighted by atomic mass is 35.5. The van der Waals surface area contributed by atoms with E-state index < -0.39 is 10.0 Å². The Labute approximate surface area is 115 Å². The van der Waals surface area contributed by atoms with Gasteiger partial charge in [0.05, 0.1) is 5.02 Å². The van der Waals surface area contributed by atoms with Gasteiger partial charge in [0.1, 0.15) is 4.90 Å². The first-order valence-electron chi connectivity index (χ1n) is 5.20. The number of rotatable bonds is 4. The molecule has 1 radical (unpaired) electrons. The highest BCUT2D eigenvalue weighted by molar-refractivity contribution is 7.90. The molecule has 18 heavy (non-hydrogen) atoms. The maximum Gasteiger partial charge on any atom is 0.286 e. The Balaban J connectivity index is 2.30. The molecule has 0 atom stereocenters. The van der Waals surface area contributed by atoms with Gasteiger partial charge in [-0.3, -0.25) is 0 Å². The van der Waals surface area contributed by atoms with Gasteiger partial charge < -0.3 is 0 Å². The highest BCUT2D eigenvalue weighted by Crippen LogP contribution is 2.25. The number of aryl methyl sites for hydroxylation is 1. The average Bonchev–Trinajstić information content (AvgIpc) is 2.76. The van der Waals surface area contributed by atoms with E-state index in [1.807, 2.05) is 6.92 Å². The van der Waals surface area contributed by atoms with Crippen molar-refractivity contribution in [1.29, 1.82) is 0 Å². The lowest BCUT2D eigenvalue weighted by Crippen LogP contribution is -2.12. The summed E-state index contributed by atoms with van der Waals surface area (Å²) in [4.78, 5) is 4.95. The minimum atomic E-state index is -3.80. The second-order valence-electron chi connectivity index (χ2n) is 3.46. The van der Waals surface area contributed by atoms with Gasteiger partial charge >= 0.3 is 0 Å². The second-order valence-corrected chi connectivity index (χ2v) is 6.53. The predicted octanol–water partition coefficient (Wildman–Crippen LogP) is 2.98. The summed E-state index contributed by atoms with van der Waals surface area (Å²) in [6.07, 6.45) is 2.44. The van der Waals surface area contributed by atoms with Crippen LogP contribution in [0, 0.1) is 0 Å². The van der Waals surface area contributed by atoms with Gasteiger partial charge in [0.2, 0.25) is 5.13 Å². The lowest BCUT2D eigenvalue weighted by atomic mass is 10.4. The van der Waals surface area contributed by atoms with E-state index in [1.165, 1.54) is 23.5 Å². The Morgan fingerprint density at radius 2 is 2.11 bits per heavy atom. The fourth-order valence-electron chi connectivity index (χ4n) is 1.31. The quantitative estimate of drug-likeness (QED) is 0.872. The fraction of sp³-hybridized carbons (Fsp3) is 0.182. The number of thiazole rings is 1. The van der Waals surface area contributed by atoms with Crippen LogP contribution >= 0.6 is 22.9 Å². The zero-order chi connectivity index (χ0) is 13.2. The molecular weight excluding hydrogens is 292 g/mol. The SMILES string of the molecule is CCc1cnc([N]S(=O)(=O)c2ccccc2Cl)s1. The Morgan fingerprint density at radius 3 is 2.72 bits per heavy atom. The third-order valence-electron chi connectivity index (χ3n) is 2.20. The summed E-state index contributed by atoms with van der Waals surface area (Å²) in [7, 11) is -3.80. The molecule has 0 fully saturated rings. The van der Waals surface area contributed by atoms with Crippen LogP contribution in [0.15, 0.2) is 35.4 Å². The van der Waals surface area contributed by atoms with Gasteiger partial charge in [-0.1, -0.05) is 42.0 Å². The largest absolute Gasteiger partial charge is 0.286 e. The Hall–Kier alpha value is -1.11. The molecule has 0 spiro atoms. The van der Waals surface area contributed by atoms with Gasteiger partial charge in [-0.2, -0.15) is 8.42 Å². The number of aromatic nitrogens is 1. The molecule has 0 unspecified atom stereocenters. The molecule has 0 N–H and O–H groups in total. The van der Waals surface area contributed by atoms with E-state index >= 15 is 0 Å². The molecule has 0 aliphatic heterocycles. The zero-order valence-electron chi connectivity index (χ0n) is 9.50. The predicted molar refractivity (Wildman–Crippen MR) is 71.9 cm³/mol. The third-order valence-corrected chi connectivity index (χ3v) is 5.12. The molecule has 0 aliphatic rings. The summed E-state index contributed by atoms with van der Waals surface area (Å²) in [6.45, 7) is 1.97. The van der Waals surface area contributed by atoms with Crippen LogP contribution in [-0.4, -0.2) is 13.4 Å². The summed E-state index contributed by atoms with van der Waals surface area (Å²) in [5, 5.41) is 0.389. The molecular formula is C11H10ClN2O2S2. The summed E-state index contributed by atoms with van der Waals surface area (Å²) in [6, 6.07) is 6.21. The standard InChI is InChI=1S/C11H10ClN2O2S2/c1-2-8-7-13-11(17-8)14-18(15,16)10-6-4-3-5-9(10)12/h3-7H,2H2,1H3. The zero-order valence-corrected chi connectivity index (χ0v) is 11.9. The van der Waals surface area contributed by atoms with Crippen LogP contribution in [-0.2, 0) is 16.4 Å². The van der Waals surface area contributed by atoms with E-state index in [2.05, 4.69) is 9.71 Å². The smallest absolute Gasteiger partial charge is 0.226 e. The van der Waals surface area contributed by atoms with Gasteiger partial charge in [-0.15, -0.1) is 4.72 Å². The van der Waals surface area contributed by atoms with E-state index in [1.54, 1.807) is 18.3 Å². The van der Waals surface area contributed by atoms with Crippen molar-refractivity contribution in [2.75, 3.05) is 0 Å². The van der Waals surface area contributed by atoms with Gasteiger partial charge in [-0.25, -0.2) is 4.98 Å². The van der Waals surface area contributed by atoms with Crippen LogP contribution in [0.2, 0.25) is 5.02 Å². The molecule has 1 aromatic heterocycles. The van der Waals surface area contributed by atoms with Crippen LogP contribution in [0.5, 0.6) is 0 Å². The molecule has 4 nitrogen and oxygen atoms in total. The molecule has 0 amide bonds. The maximum atomic E-state index is 12.0. The molecule has 0 bridgehead atoms. The first-order valence-corrected chi connectivity index (χ1v) is 7.83. The van der Waals surface area contributed by atoms with Crippen molar-refractivity contribution in [3.8, 4) is 0 Å². The number of hydrogen-bond donors (Lipinski definition) is 0. The Morgan fingerprint density at radius 1 is 1.39 bits per heavy atom. The van der Waals surface area contributed by atoms with Gasteiger partial charge in [-0.05, 0) is 18.6 Å². The van der Waals surface area contributed by atoms with Gasteiger partial charge in [0.25, 0.3) is 10.0 Å². The lowest BCUT2D eigenvalue weighted by Gasteiger charge is -2.03. The molecule has 1 aromatic carbocycles. The van der Waals surface area contributed by atoms with E-state index in [9.17, 15) is 8.42 Å². The van der Waals surface area contributed by atoms with Crippen LogP contribution in [0.4, 0.5) is 5.13 Å².